The minimum Gasteiger partial charge on any atom is -0.368 e. The molecule has 0 unspecified atom stereocenters. The molecule has 0 aliphatic rings. The molecule has 2 N–H and O–H groups in total. The number of thioether (sulfide) groups is 1. The van der Waals surface area contributed by atoms with Crippen molar-refractivity contribution in [3.63, 3.8) is 0 Å². The van der Waals surface area contributed by atoms with Crippen LogP contribution < -0.4 is 5.73 Å². The lowest BCUT2D eigenvalue weighted by molar-refractivity contribution is 0.918. The third-order valence-corrected chi connectivity index (χ3v) is 1.31. The first-order chi connectivity index (χ1) is 4.33. The molecule has 0 amide bonds. The van der Waals surface area contributed by atoms with E-state index in [-0.39, 0.29) is 5.95 Å². The molecule has 0 aliphatic carbocycles. The summed E-state index contributed by atoms with van der Waals surface area (Å²) >= 11 is 1.44. The zero-order chi connectivity index (χ0) is 6.69. The molecule has 0 spiro atoms. The molecule has 0 aliphatic heterocycles. The van der Waals surface area contributed by atoms with Crippen LogP contribution in [0.1, 0.15) is 0 Å². The zero-order valence-corrected chi connectivity index (χ0v) is 5.72. The van der Waals surface area contributed by atoms with Crippen LogP contribution in [0.5, 0.6) is 0 Å². The minimum absolute atomic E-state index is 0.273. The predicted molar refractivity (Wildman–Crippen MR) is 36.0 cm³/mol. The fraction of sp³-hybridized carbons (Fsp3) is 0.250. The molecule has 0 radical (unpaired) electrons. The van der Waals surface area contributed by atoms with Gasteiger partial charge in [0.2, 0.25) is 5.95 Å². The first-order valence-corrected chi connectivity index (χ1v) is 3.54. The van der Waals surface area contributed by atoms with Gasteiger partial charge < -0.3 is 5.73 Å². The molecule has 1 heterocycles. The quantitative estimate of drug-likeness (QED) is 0.566. The second-order valence-corrected chi connectivity index (χ2v) is 2.10. The van der Waals surface area contributed by atoms with Crippen LogP contribution in [0.3, 0.4) is 0 Å². The minimum atomic E-state index is 0.273. The Bertz CT molecular complexity index is 202. The Morgan fingerprint density at radius 3 is 2.78 bits per heavy atom. The maximum atomic E-state index is 5.26. The van der Waals surface area contributed by atoms with E-state index in [1.807, 2.05) is 6.26 Å². The van der Waals surface area contributed by atoms with Crippen molar-refractivity contribution in [3.8, 4) is 0 Å². The number of aromatic nitrogens is 3. The van der Waals surface area contributed by atoms with Crippen LogP contribution in [0.4, 0.5) is 5.95 Å². The summed E-state index contributed by atoms with van der Waals surface area (Å²) < 4.78 is 0. The zero-order valence-electron chi connectivity index (χ0n) is 4.90. The molecule has 1 aromatic rings. The summed E-state index contributed by atoms with van der Waals surface area (Å²) in [6.45, 7) is 0. The van der Waals surface area contributed by atoms with Crippen LogP contribution in [-0.4, -0.2) is 21.2 Å². The summed E-state index contributed by atoms with van der Waals surface area (Å²) in [6.07, 6.45) is 3.28. The van der Waals surface area contributed by atoms with E-state index in [0.29, 0.717) is 5.16 Å². The van der Waals surface area contributed by atoms with Crippen LogP contribution >= 0.6 is 11.8 Å². The van der Waals surface area contributed by atoms with Crippen LogP contribution in [0.15, 0.2) is 11.5 Å². The highest BCUT2D eigenvalue weighted by molar-refractivity contribution is 7.98. The number of nitrogen functional groups attached to an aromatic ring is 1. The van der Waals surface area contributed by atoms with Gasteiger partial charge in [-0.15, -0.1) is 0 Å². The molecular weight excluding hydrogens is 136 g/mol. The van der Waals surface area contributed by atoms with Gasteiger partial charge in [0.1, 0.15) is 6.33 Å². The Labute approximate surface area is 56.9 Å². The van der Waals surface area contributed by atoms with Crippen molar-refractivity contribution < 1.29 is 0 Å². The largest absolute Gasteiger partial charge is 0.368 e. The van der Waals surface area contributed by atoms with Crippen molar-refractivity contribution in [2.45, 2.75) is 5.16 Å². The maximum absolute atomic E-state index is 5.26. The summed E-state index contributed by atoms with van der Waals surface area (Å²) in [6, 6.07) is 0. The molecule has 5 heteroatoms. The van der Waals surface area contributed by atoms with Crippen molar-refractivity contribution in [3.05, 3.63) is 6.33 Å². The van der Waals surface area contributed by atoms with Gasteiger partial charge in [-0.3, -0.25) is 0 Å². The molecule has 0 aromatic carbocycles. The molecule has 0 saturated carbocycles. The van der Waals surface area contributed by atoms with Gasteiger partial charge in [0.15, 0.2) is 5.16 Å². The fourth-order valence-corrected chi connectivity index (χ4v) is 0.729. The van der Waals surface area contributed by atoms with Crippen LogP contribution in [0.2, 0.25) is 0 Å². The van der Waals surface area contributed by atoms with Crippen molar-refractivity contribution in [1.29, 1.82) is 0 Å². The Kier molecular flexibility index (Phi) is 1.84. The Hall–Kier alpha value is -0.840. The van der Waals surface area contributed by atoms with E-state index in [1.165, 1.54) is 18.1 Å². The predicted octanol–water partition coefficient (Wildman–Crippen LogP) is 0.176. The molecule has 4 nitrogen and oxygen atoms in total. The average Bonchev–Trinajstić information content (AvgIpc) is 1.88. The highest BCUT2D eigenvalue weighted by atomic mass is 32.2. The highest BCUT2D eigenvalue weighted by Crippen LogP contribution is 2.05. The van der Waals surface area contributed by atoms with E-state index in [2.05, 4.69) is 15.0 Å². The Balaban J connectivity index is 2.94. The van der Waals surface area contributed by atoms with Gasteiger partial charge >= 0.3 is 0 Å². The first kappa shape index (κ1) is 6.28. The van der Waals surface area contributed by atoms with E-state index in [4.69, 9.17) is 5.73 Å². The van der Waals surface area contributed by atoms with Crippen LogP contribution in [-0.2, 0) is 0 Å². The maximum Gasteiger partial charge on any atom is 0.223 e. The summed E-state index contributed by atoms with van der Waals surface area (Å²) in [7, 11) is 0. The van der Waals surface area contributed by atoms with Crippen LogP contribution in [0.25, 0.3) is 0 Å². The monoisotopic (exact) mass is 142 g/mol. The van der Waals surface area contributed by atoms with E-state index >= 15 is 0 Å². The number of hydrogen-bond acceptors (Lipinski definition) is 5. The Morgan fingerprint density at radius 2 is 2.33 bits per heavy atom. The highest BCUT2D eigenvalue weighted by Gasteiger charge is 1.91. The van der Waals surface area contributed by atoms with Gasteiger partial charge in [0.25, 0.3) is 0 Å². The standard InChI is InChI=1S/C4H6N4S/c1-9-4-7-2-6-3(5)8-4/h2H,1H3,(H2,5,6,7,8). The fourth-order valence-electron chi connectivity index (χ4n) is 0.391. The molecular formula is C4H6N4S. The normalized spacial score (nSPS) is 9.44. The third kappa shape index (κ3) is 1.53. The van der Waals surface area contributed by atoms with Gasteiger partial charge in [0.05, 0.1) is 0 Å². The molecule has 9 heavy (non-hydrogen) atoms. The van der Waals surface area contributed by atoms with Gasteiger partial charge in [0, 0.05) is 0 Å². The average molecular weight is 142 g/mol. The molecule has 0 fully saturated rings. The Morgan fingerprint density at radius 1 is 1.56 bits per heavy atom. The number of nitrogens with zero attached hydrogens (tertiary/aromatic N) is 3. The lowest BCUT2D eigenvalue weighted by Gasteiger charge is -1.91. The number of rotatable bonds is 1. The summed E-state index contributed by atoms with van der Waals surface area (Å²) in [5.74, 6) is 0.273. The van der Waals surface area contributed by atoms with E-state index in [0.717, 1.165) is 0 Å². The van der Waals surface area contributed by atoms with Crippen molar-refractivity contribution in [2.75, 3.05) is 12.0 Å². The van der Waals surface area contributed by atoms with Crippen molar-refractivity contribution in [1.82, 2.24) is 15.0 Å². The number of hydrogen-bond donors (Lipinski definition) is 1. The lowest BCUT2D eigenvalue weighted by atomic mass is 11.0. The van der Waals surface area contributed by atoms with Gasteiger partial charge in [-0.1, -0.05) is 11.8 Å². The topological polar surface area (TPSA) is 64.7 Å². The number of anilines is 1. The second kappa shape index (κ2) is 2.63. The van der Waals surface area contributed by atoms with Gasteiger partial charge in [-0.2, -0.15) is 4.98 Å². The van der Waals surface area contributed by atoms with E-state index in [1.54, 1.807) is 0 Å². The molecule has 0 saturated heterocycles. The molecule has 0 bridgehead atoms. The second-order valence-electron chi connectivity index (χ2n) is 1.33. The third-order valence-electron chi connectivity index (χ3n) is 0.751. The summed E-state index contributed by atoms with van der Waals surface area (Å²) in [5.41, 5.74) is 5.26. The van der Waals surface area contributed by atoms with Crippen molar-refractivity contribution >= 4 is 17.7 Å². The molecule has 1 aromatic heterocycles. The molecule has 48 valence electrons. The van der Waals surface area contributed by atoms with Crippen molar-refractivity contribution in [2.24, 2.45) is 0 Å². The smallest absolute Gasteiger partial charge is 0.223 e. The summed E-state index contributed by atoms with van der Waals surface area (Å²) in [4.78, 5) is 11.3. The first-order valence-electron chi connectivity index (χ1n) is 2.31. The summed E-state index contributed by atoms with van der Waals surface area (Å²) in [5, 5.41) is 0.655. The lowest BCUT2D eigenvalue weighted by Crippen LogP contribution is -1.96. The van der Waals surface area contributed by atoms with Crippen LogP contribution in [0, 0.1) is 0 Å². The van der Waals surface area contributed by atoms with Gasteiger partial charge in [-0.05, 0) is 6.26 Å². The molecule has 0 atom stereocenters. The van der Waals surface area contributed by atoms with Gasteiger partial charge in [-0.25, -0.2) is 9.97 Å². The van der Waals surface area contributed by atoms with E-state index in [9.17, 15) is 0 Å². The van der Waals surface area contributed by atoms with E-state index < -0.39 is 0 Å². The molecule has 1 rings (SSSR count). The number of nitrogens with two attached hydrogens (primary N) is 1. The SMILES string of the molecule is CSc1ncnc(N)n1.